The summed E-state index contributed by atoms with van der Waals surface area (Å²) in [4.78, 5) is 22.5. The van der Waals surface area contributed by atoms with Crippen LogP contribution in [0.2, 0.25) is 0 Å². The summed E-state index contributed by atoms with van der Waals surface area (Å²) in [5, 5.41) is 20.2. The molecule has 0 saturated carbocycles. The second-order valence-corrected chi connectivity index (χ2v) is 5.85. The van der Waals surface area contributed by atoms with Gasteiger partial charge in [0.15, 0.2) is 0 Å². The molecule has 0 aliphatic carbocycles. The van der Waals surface area contributed by atoms with Crippen molar-refractivity contribution in [3.05, 3.63) is 74.9 Å². The summed E-state index contributed by atoms with van der Waals surface area (Å²) in [6.45, 7) is 0. The summed E-state index contributed by atoms with van der Waals surface area (Å²) in [5.74, 6) is -0.425. The van der Waals surface area contributed by atoms with Gasteiger partial charge in [0.2, 0.25) is 0 Å². The lowest BCUT2D eigenvalue weighted by Crippen LogP contribution is -2.12. The normalized spacial score (nSPS) is 10.4. The molecule has 1 heterocycles. The van der Waals surface area contributed by atoms with Crippen molar-refractivity contribution in [2.24, 2.45) is 0 Å². The number of H-pyrrole nitrogens is 1. The lowest BCUT2D eigenvalue weighted by Gasteiger charge is -2.02. The molecule has 8 heteroatoms. The van der Waals surface area contributed by atoms with Crippen LogP contribution in [-0.4, -0.2) is 21.0 Å². The van der Waals surface area contributed by atoms with E-state index < -0.39 is 10.8 Å². The molecule has 0 unspecified atom stereocenters. The summed E-state index contributed by atoms with van der Waals surface area (Å²) in [7, 11) is 0. The Hall–Kier alpha value is -3.00. The maximum Gasteiger partial charge on any atom is 0.273 e. The minimum atomic E-state index is -0.516. The number of nitro groups is 1. The summed E-state index contributed by atoms with van der Waals surface area (Å²) in [6.07, 6.45) is 0. The number of rotatable bonds is 4. The molecule has 2 aromatic carbocycles. The summed E-state index contributed by atoms with van der Waals surface area (Å²) in [6, 6.07) is 14.9. The molecule has 7 nitrogen and oxygen atoms in total. The zero-order valence-corrected chi connectivity index (χ0v) is 13.8. The molecule has 120 valence electrons. The van der Waals surface area contributed by atoms with E-state index in [9.17, 15) is 14.9 Å². The highest BCUT2D eigenvalue weighted by atomic mass is 79.9. The zero-order chi connectivity index (χ0) is 17.1. The Morgan fingerprint density at radius 1 is 1.17 bits per heavy atom. The van der Waals surface area contributed by atoms with Crippen molar-refractivity contribution in [3.8, 4) is 11.3 Å². The lowest BCUT2D eigenvalue weighted by atomic mass is 10.1. The van der Waals surface area contributed by atoms with Gasteiger partial charge in [-0.15, -0.1) is 0 Å². The van der Waals surface area contributed by atoms with E-state index in [1.807, 2.05) is 24.3 Å². The van der Waals surface area contributed by atoms with Gasteiger partial charge in [0.25, 0.3) is 11.6 Å². The van der Waals surface area contributed by atoms with Crippen LogP contribution < -0.4 is 5.32 Å². The molecule has 0 radical (unpaired) electrons. The number of anilines is 1. The van der Waals surface area contributed by atoms with E-state index in [1.165, 1.54) is 18.2 Å². The molecule has 0 spiro atoms. The van der Waals surface area contributed by atoms with Gasteiger partial charge in [-0.25, -0.2) is 0 Å². The number of aromatic amines is 1. The molecular formula is C16H11BrN4O3. The maximum atomic E-state index is 12.2. The number of amides is 1. The van der Waals surface area contributed by atoms with Gasteiger partial charge in [-0.3, -0.25) is 20.0 Å². The van der Waals surface area contributed by atoms with Crippen molar-refractivity contribution in [1.82, 2.24) is 10.2 Å². The third-order valence-electron chi connectivity index (χ3n) is 3.28. The Morgan fingerprint density at radius 3 is 2.62 bits per heavy atom. The van der Waals surface area contributed by atoms with Crippen LogP contribution in [0.1, 0.15) is 10.5 Å². The SMILES string of the molecule is O=C(Nc1cccc([N+](=O)[O-])c1)c1cc(-c2ccc(Br)cc2)n[nH]1. The monoisotopic (exact) mass is 386 g/mol. The van der Waals surface area contributed by atoms with Gasteiger partial charge in [-0.1, -0.05) is 34.1 Å². The molecule has 0 saturated heterocycles. The van der Waals surface area contributed by atoms with E-state index in [0.717, 1.165) is 10.0 Å². The number of hydrogen-bond donors (Lipinski definition) is 2. The topological polar surface area (TPSA) is 101 Å². The summed E-state index contributed by atoms with van der Waals surface area (Å²) in [5.41, 5.74) is 2.01. The first-order chi connectivity index (χ1) is 11.5. The van der Waals surface area contributed by atoms with Crippen LogP contribution in [0.25, 0.3) is 11.3 Å². The van der Waals surface area contributed by atoms with Crippen molar-refractivity contribution < 1.29 is 9.72 Å². The van der Waals surface area contributed by atoms with E-state index in [-0.39, 0.29) is 11.4 Å². The molecule has 2 N–H and O–H groups in total. The average molecular weight is 387 g/mol. The minimum absolute atomic E-state index is 0.0898. The second kappa shape index (κ2) is 6.63. The molecular weight excluding hydrogens is 376 g/mol. The average Bonchev–Trinajstić information content (AvgIpc) is 3.06. The molecule has 0 atom stereocenters. The van der Waals surface area contributed by atoms with E-state index in [2.05, 4.69) is 31.4 Å². The van der Waals surface area contributed by atoms with Crippen molar-refractivity contribution in [2.75, 3.05) is 5.32 Å². The first kappa shape index (κ1) is 15.9. The molecule has 1 aromatic heterocycles. The number of nitro benzene ring substituents is 1. The van der Waals surface area contributed by atoms with E-state index >= 15 is 0 Å². The van der Waals surface area contributed by atoms with Crippen LogP contribution in [0, 0.1) is 10.1 Å². The summed E-state index contributed by atoms with van der Waals surface area (Å²) < 4.78 is 0.949. The van der Waals surface area contributed by atoms with E-state index in [1.54, 1.807) is 12.1 Å². The smallest absolute Gasteiger partial charge is 0.273 e. The second-order valence-electron chi connectivity index (χ2n) is 4.94. The minimum Gasteiger partial charge on any atom is -0.320 e. The first-order valence-corrected chi connectivity index (χ1v) is 7.69. The Kier molecular flexibility index (Phi) is 4.39. The van der Waals surface area contributed by atoms with Crippen LogP contribution in [0.15, 0.2) is 59.1 Å². The lowest BCUT2D eigenvalue weighted by molar-refractivity contribution is -0.384. The van der Waals surface area contributed by atoms with Crippen LogP contribution in [-0.2, 0) is 0 Å². The highest BCUT2D eigenvalue weighted by Crippen LogP contribution is 2.21. The molecule has 0 aliphatic heterocycles. The van der Waals surface area contributed by atoms with Gasteiger partial charge >= 0.3 is 0 Å². The number of nitrogens with zero attached hydrogens (tertiary/aromatic N) is 2. The Morgan fingerprint density at radius 2 is 1.92 bits per heavy atom. The van der Waals surface area contributed by atoms with Crippen molar-refractivity contribution >= 4 is 33.2 Å². The van der Waals surface area contributed by atoms with Crippen LogP contribution >= 0.6 is 15.9 Å². The largest absolute Gasteiger partial charge is 0.320 e. The van der Waals surface area contributed by atoms with E-state index in [4.69, 9.17) is 0 Å². The van der Waals surface area contributed by atoms with Gasteiger partial charge < -0.3 is 5.32 Å². The number of carbonyl (C=O) groups excluding carboxylic acids is 1. The van der Waals surface area contributed by atoms with Crippen LogP contribution in [0.4, 0.5) is 11.4 Å². The number of benzene rings is 2. The number of aromatic nitrogens is 2. The Balaban J connectivity index is 1.77. The molecule has 24 heavy (non-hydrogen) atoms. The molecule has 3 aromatic rings. The Labute approximate surface area is 145 Å². The number of halogens is 1. The fourth-order valence-electron chi connectivity index (χ4n) is 2.10. The predicted octanol–water partition coefficient (Wildman–Crippen LogP) is 4.00. The predicted molar refractivity (Wildman–Crippen MR) is 92.8 cm³/mol. The van der Waals surface area contributed by atoms with Gasteiger partial charge in [0.1, 0.15) is 5.69 Å². The molecule has 0 aliphatic rings. The third-order valence-corrected chi connectivity index (χ3v) is 3.81. The van der Waals surface area contributed by atoms with Gasteiger partial charge in [0, 0.05) is 27.9 Å². The first-order valence-electron chi connectivity index (χ1n) is 6.90. The highest BCUT2D eigenvalue weighted by Gasteiger charge is 2.13. The summed E-state index contributed by atoms with van der Waals surface area (Å²) >= 11 is 3.36. The number of non-ortho nitro benzene ring substituents is 1. The molecule has 0 fully saturated rings. The molecule has 0 bridgehead atoms. The Bertz CT molecular complexity index is 906. The fourth-order valence-corrected chi connectivity index (χ4v) is 2.37. The van der Waals surface area contributed by atoms with Gasteiger partial charge in [-0.2, -0.15) is 5.10 Å². The van der Waals surface area contributed by atoms with Crippen molar-refractivity contribution in [3.63, 3.8) is 0 Å². The van der Waals surface area contributed by atoms with Crippen molar-refractivity contribution in [2.45, 2.75) is 0 Å². The van der Waals surface area contributed by atoms with Gasteiger partial charge in [0.05, 0.1) is 10.6 Å². The third kappa shape index (κ3) is 3.49. The standard InChI is InChI=1S/C16H11BrN4O3/c17-11-6-4-10(5-7-11)14-9-15(20-19-14)16(22)18-12-2-1-3-13(8-12)21(23)24/h1-9H,(H,18,22)(H,19,20). The zero-order valence-electron chi connectivity index (χ0n) is 12.2. The van der Waals surface area contributed by atoms with Crippen LogP contribution in [0.3, 0.4) is 0 Å². The van der Waals surface area contributed by atoms with E-state index in [0.29, 0.717) is 11.4 Å². The molecule has 3 rings (SSSR count). The number of nitrogens with one attached hydrogen (secondary N) is 2. The number of hydrogen-bond acceptors (Lipinski definition) is 4. The highest BCUT2D eigenvalue weighted by molar-refractivity contribution is 9.10. The molecule has 1 amide bonds. The maximum absolute atomic E-state index is 12.2. The van der Waals surface area contributed by atoms with Crippen LogP contribution in [0.5, 0.6) is 0 Å². The van der Waals surface area contributed by atoms with Gasteiger partial charge in [-0.05, 0) is 24.3 Å². The number of carbonyl (C=O) groups is 1. The quantitative estimate of drug-likeness (QED) is 0.522. The van der Waals surface area contributed by atoms with Crippen molar-refractivity contribution in [1.29, 1.82) is 0 Å². The fraction of sp³-hybridized carbons (Fsp3) is 0.